The number of fused-ring (bicyclic) bond motifs is 1. The SMILES string of the molecule is ClCCC1CCCN(Cc2ccnc3ccccc23)C1. The smallest absolute Gasteiger partial charge is 0.0705 e. The summed E-state index contributed by atoms with van der Waals surface area (Å²) in [4.78, 5) is 7.02. The van der Waals surface area contributed by atoms with Gasteiger partial charge in [0.15, 0.2) is 0 Å². The van der Waals surface area contributed by atoms with E-state index in [2.05, 4.69) is 40.2 Å². The van der Waals surface area contributed by atoms with E-state index >= 15 is 0 Å². The Kier molecular flexibility index (Phi) is 4.54. The van der Waals surface area contributed by atoms with Crippen LogP contribution in [0.25, 0.3) is 10.9 Å². The van der Waals surface area contributed by atoms with Gasteiger partial charge in [-0.2, -0.15) is 0 Å². The number of benzene rings is 1. The van der Waals surface area contributed by atoms with Crippen LogP contribution in [0.4, 0.5) is 0 Å². The molecule has 106 valence electrons. The van der Waals surface area contributed by atoms with Gasteiger partial charge in [-0.1, -0.05) is 18.2 Å². The van der Waals surface area contributed by atoms with Crippen LogP contribution < -0.4 is 0 Å². The lowest BCUT2D eigenvalue weighted by molar-refractivity contribution is 0.165. The van der Waals surface area contributed by atoms with E-state index in [-0.39, 0.29) is 0 Å². The summed E-state index contributed by atoms with van der Waals surface area (Å²) in [5, 5.41) is 1.29. The highest BCUT2D eigenvalue weighted by molar-refractivity contribution is 6.17. The second-order valence-corrected chi connectivity index (χ2v) is 6.09. The standard InChI is InChI=1S/C17H21ClN2/c18-9-7-14-4-3-11-20(12-14)13-15-8-10-19-17-6-2-1-5-16(15)17/h1-2,5-6,8,10,14H,3-4,7,9,11-13H2. The molecule has 3 heteroatoms. The number of para-hydroxylation sites is 1. The molecular formula is C17H21ClN2. The van der Waals surface area contributed by atoms with Crippen LogP contribution in [-0.4, -0.2) is 28.9 Å². The van der Waals surface area contributed by atoms with Crippen molar-refractivity contribution in [2.24, 2.45) is 5.92 Å². The van der Waals surface area contributed by atoms with Crippen molar-refractivity contribution in [2.45, 2.75) is 25.8 Å². The van der Waals surface area contributed by atoms with E-state index < -0.39 is 0 Å². The van der Waals surface area contributed by atoms with Gasteiger partial charge in [0.25, 0.3) is 0 Å². The van der Waals surface area contributed by atoms with Crippen LogP contribution in [0.3, 0.4) is 0 Å². The maximum atomic E-state index is 5.89. The van der Waals surface area contributed by atoms with Crippen molar-refractivity contribution >= 4 is 22.5 Å². The molecule has 1 aromatic heterocycles. The molecule has 20 heavy (non-hydrogen) atoms. The molecule has 0 spiro atoms. The van der Waals surface area contributed by atoms with Crippen LogP contribution in [0.2, 0.25) is 0 Å². The monoisotopic (exact) mass is 288 g/mol. The van der Waals surface area contributed by atoms with E-state index in [1.807, 2.05) is 6.20 Å². The second kappa shape index (κ2) is 6.55. The van der Waals surface area contributed by atoms with Gasteiger partial charge in [-0.3, -0.25) is 9.88 Å². The second-order valence-electron chi connectivity index (χ2n) is 5.71. The number of rotatable bonds is 4. The zero-order valence-corrected chi connectivity index (χ0v) is 12.5. The summed E-state index contributed by atoms with van der Waals surface area (Å²) in [7, 11) is 0. The zero-order valence-electron chi connectivity index (χ0n) is 11.8. The number of alkyl halides is 1. The molecule has 1 aromatic carbocycles. The van der Waals surface area contributed by atoms with E-state index in [0.29, 0.717) is 0 Å². The Balaban J connectivity index is 1.76. The van der Waals surface area contributed by atoms with Gasteiger partial charge < -0.3 is 0 Å². The van der Waals surface area contributed by atoms with Crippen LogP contribution in [0.1, 0.15) is 24.8 Å². The van der Waals surface area contributed by atoms with Crippen molar-refractivity contribution < 1.29 is 0 Å². The number of halogens is 1. The average Bonchev–Trinajstić information content (AvgIpc) is 2.48. The van der Waals surface area contributed by atoms with Crippen LogP contribution in [0, 0.1) is 5.92 Å². The van der Waals surface area contributed by atoms with Gasteiger partial charge in [-0.15, -0.1) is 11.6 Å². The minimum atomic E-state index is 0.773. The third kappa shape index (κ3) is 3.13. The Morgan fingerprint density at radius 2 is 2.15 bits per heavy atom. The van der Waals surface area contributed by atoms with E-state index in [4.69, 9.17) is 11.6 Å². The van der Waals surface area contributed by atoms with Crippen molar-refractivity contribution in [2.75, 3.05) is 19.0 Å². The first-order chi connectivity index (χ1) is 9.86. The van der Waals surface area contributed by atoms with Gasteiger partial charge in [-0.25, -0.2) is 0 Å². The molecule has 1 saturated heterocycles. The van der Waals surface area contributed by atoms with Gasteiger partial charge in [0.05, 0.1) is 5.52 Å². The van der Waals surface area contributed by atoms with E-state index in [1.165, 1.54) is 36.9 Å². The van der Waals surface area contributed by atoms with Crippen LogP contribution >= 0.6 is 11.6 Å². The number of likely N-dealkylation sites (tertiary alicyclic amines) is 1. The highest BCUT2D eigenvalue weighted by Crippen LogP contribution is 2.24. The number of nitrogens with zero attached hydrogens (tertiary/aromatic N) is 2. The molecule has 1 aliphatic rings. The Bertz CT molecular complexity index is 562. The maximum absolute atomic E-state index is 5.89. The molecule has 0 amide bonds. The molecule has 1 atom stereocenters. The molecule has 2 aromatic rings. The Hall–Kier alpha value is -1.12. The number of aromatic nitrogens is 1. The number of piperidine rings is 1. The predicted octanol–water partition coefficient (Wildman–Crippen LogP) is 4.08. The normalized spacial score (nSPS) is 20.4. The summed E-state index contributed by atoms with van der Waals surface area (Å²) in [5.41, 5.74) is 2.49. The lowest BCUT2D eigenvalue weighted by atomic mass is 9.95. The van der Waals surface area contributed by atoms with Crippen molar-refractivity contribution in [1.29, 1.82) is 0 Å². The number of hydrogen-bond donors (Lipinski definition) is 0. The quantitative estimate of drug-likeness (QED) is 0.788. The molecule has 0 N–H and O–H groups in total. The minimum absolute atomic E-state index is 0.773. The van der Waals surface area contributed by atoms with Crippen molar-refractivity contribution in [3.05, 3.63) is 42.1 Å². The summed E-state index contributed by atoms with van der Waals surface area (Å²) in [6.07, 6.45) is 5.71. The highest BCUT2D eigenvalue weighted by atomic mass is 35.5. The Morgan fingerprint density at radius 1 is 1.25 bits per heavy atom. The molecule has 0 saturated carbocycles. The molecule has 2 heterocycles. The molecule has 1 fully saturated rings. The van der Waals surface area contributed by atoms with Crippen molar-refractivity contribution in [1.82, 2.24) is 9.88 Å². The molecular weight excluding hydrogens is 268 g/mol. The van der Waals surface area contributed by atoms with Crippen LogP contribution in [0.15, 0.2) is 36.5 Å². The Labute approximate surface area is 125 Å². The number of hydrogen-bond acceptors (Lipinski definition) is 2. The van der Waals surface area contributed by atoms with Gasteiger partial charge in [0, 0.05) is 30.6 Å². The first kappa shape index (κ1) is 13.8. The van der Waals surface area contributed by atoms with E-state index in [0.717, 1.165) is 30.3 Å². The predicted molar refractivity (Wildman–Crippen MR) is 85.1 cm³/mol. The third-order valence-electron chi connectivity index (χ3n) is 4.25. The third-order valence-corrected chi connectivity index (χ3v) is 4.47. The molecule has 0 bridgehead atoms. The molecule has 2 nitrogen and oxygen atoms in total. The van der Waals surface area contributed by atoms with Gasteiger partial charge in [0.2, 0.25) is 0 Å². The van der Waals surface area contributed by atoms with Gasteiger partial charge >= 0.3 is 0 Å². The molecule has 0 aliphatic carbocycles. The topological polar surface area (TPSA) is 16.1 Å². The van der Waals surface area contributed by atoms with Crippen molar-refractivity contribution in [3.63, 3.8) is 0 Å². The maximum Gasteiger partial charge on any atom is 0.0705 e. The van der Waals surface area contributed by atoms with Gasteiger partial charge in [0.1, 0.15) is 0 Å². The minimum Gasteiger partial charge on any atom is -0.299 e. The summed E-state index contributed by atoms with van der Waals surface area (Å²) >= 11 is 5.89. The molecule has 1 aliphatic heterocycles. The summed E-state index contributed by atoms with van der Waals surface area (Å²) in [6.45, 7) is 3.42. The Morgan fingerprint density at radius 3 is 3.05 bits per heavy atom. The molecule has 3 rings (SSSR count). The lowest BCUT2D eigenvalue weighted by Crippen LogP contribution is -2.35. The summed E-state index contributed by atoms with van der Waals surface area (Å²) in [5.74, 6) is 1.56. The largest absolute Gasteiger partial charge is 0.299 e. The lowest BCUT2D eigenvalue weighted by Gasteiger charge is -2.32. The first-order valence-electron chi connectivity index (χ1n) is 7.48. The van der Waals surface area contributed by atoms with Gasteiger partial charge in [-0.05, 0) is 49.4 Å². The van der Waals surface area contributed by atoms with E-state index in [1.54, 1.807) is 0 Å². The van der Waals surface area contributed by atoms with E-state index in [9.17, 15) is 0 Å². The average molecular weight is 289 g/mol. The summed E-state index contributed by atoms with van der Waals surface area (Å²) in [6, 6.07) is 10.6. The number of pyridine rings is 1. The van der Waals surface area contributed by atoms with Crippen LogP contribution in [-0.2, 0) is 6.54 Å². The fourth-order valence-corrected chi connectivity index (χ4v) is 3.53. The molecule has 0 radical (unpaired) electrons. The van der Waals surface area contributed by atoms with Crippen molar-refractivity contribution in [3.8, 4) is 0 Å². The fraction of sp³-hybridized carbons (Fsp3) is 0.471. The summed E-state index contributed by atoms with van der Waals surface area (Å²) < 4.78 is 0. The molecule has 1 unspecified atom stereocenters. The zero-order chi connectivity index (χ0) is 13.8. The first-order valence-corrected chi connectivity index (χ1v) is 8.01. The highest BCUT2D eigenvalue weighted by Gasteiger charge is 2.19. The fourth-order valence-electron chi connectivity index (χ4n) is 3.22. The van der Waals surface area contributed by atoms with Crippen LogP contribution in [0.5, 0.6) is 0 Å².